The molecule has 9 heteroatoms. The van der Waals surface area contributed by atoms with Crippen LogP contribution in [-0.4, -0.2) is 49.6 Å². The van der Waals surface area contributed by atoms with Gasteiger partial charge in [0.2, 0.25) is 0 Å². The monoisotopic (exact) mass is 487 g/mol. The van der Waals surface area contributed by atoms with Crippen molar-refractivity contribution in [1.29, 1.82) is 0 Å². The highest BCUT2D eigenvalue weighted by Gasteiger charge is 2.43. The first-order valence-electron chi connectivity index (χ1n) is 10.3. The first-order valence-corrected chi connectivity index (χ1v) is 11.0. The zero-order valence-electron chi connectivity index (χ0n) is 16.9. The molecule has 164 valence electrons. The topological polar surface area (TPSA) is 118 Å². The van der Waals surface area contributed by atoms with Crippen molar-refractivity contribution in [2.24, 2.45) is 0 Å². The summed E-state index contributed by atoms with van der Waals surface area (Å²) in [5.41, 5.74) is 7.74. The summed E-state index contributed by atoms with van der Waals surface area (Å²) in [7, 11) is 0. The number of rotatable bonds is 8. The van der Waals surface area contributed by atoms with Gasteiger partial charge in [-0.15, -0.1) is 0 Å². The summed E-state index contributed by atoms with van der Waals surface area (Å²) in [5, 5.41) is 25.1. The van der Waals surface area contributed by atoms with Crippen LogP contribution in [0.25, 0.3) is 11.0 Å². The number of nitrogens with one attached hydrogen (secondary N) is 1. The number of hydrogen-bond acceptors (Lipinski definition) is 7. The molecule has 0 bridgehead atoms. The molecule has 4 rings (SSSR count). The zero-order valence-corrected chi connectivity index (χ0v) is 18.5. The van der Waals surface area contributed by atoms with Crippen LogP contribution in [0.2, 0.25) is 0 Å². The van der Waals surface area contributed by atoms with Crippen molar-refractivity contribution < 1.29 is 14.9 Å². The van der Waals surface area contributed by atoms with Crippen molar-refractivity contribution in [2.75, 3.05) is 12.3 Å². The lowest BCUT2D eigenvalue weighted by molar-refractivity contribution is -0.0242. The number of nitrogen functional groups attached to an aromatic ring is 1. The van der Waals surface area contributed by atoms with Crippen molar-refractivity contribution in [1.82, 2.24) is 19.9 Å². The molecule has 1 aliphatic heterocycles. The van der Waals surface area contributed by atoms with Gasteiger partial charge in [0.25, 0.3) is 0 Å². The average Bonchev–Trinajstić information content (AvgIpc) is 3.26. The number of halogens is 1. The molecule has 3 aromatic rings. The molecule has 4 atom stereocenters. The second kappa shape index (κ2) is 9.88. The number of allylic oxidation sites excluding steroid dienone is 1. The Morgan fingerprint density at radius 1 is 1.19 bits per heavy atom. The van der Waals surface area contributed by atoms with E-state index < -0.39 is 24.5 Å². The molecule has 0 amide bonds. The van der Waals surface area contributed by atoms with E-state index in [1.165, 1.54) is 11.9 Å². The number of aromatic nitrogens is 3. The molecular formula is C22H26BrN5O3. The first-order chi connectivity index (χ1) is 15.1. The van der Waals surface area contributed by atoms with Crippen LogP contribution in [0.15, 0.2) is 59.5 Å². The van der Waals surface area contributed by atoms with Crippen LogP contribution in [0.4, 0.5) is 5.82 Å². The summed E-state index contributed by atoms with van der Waals surface area (Å²) in [4.78, 5) is 8.26. The minimum Gasteiger partial charge on any atom is -0.387 e. The molecule has 1 aromatic carbocycles. The number of fused-ring (bicyclic) bond motifs is 1. The summed E-state index contributed by atoms with van der Waals surface area (Å²) < 4.78 is 8.33. The fourth-order valence-corrected chi connectivity index (χ4v) is 4.34. The van der Waals surface area contributed by atoms with Crippen LogP contribution in [0.3, 0.4) is 0 Å². The second-order valence-electron chi connectivity index (χ2n) is 7.55. The number of benzene rings is 1. The minimum absolute atomic E-state index is 0.334. The molecule has 0 unspecified atom stereocenters. The number of nitrogens with two attached hydrogens (primary N) is 1. The Kier molecular flexibility index (Phi) is 6.99. The lowest BCUT2D eigenvalue weighted by atomic mass is 10.1. The third-order valence-electron chi connectivity index (χ3n) is 5.36. The Morgan fingerprint density at radius 2 is 2.00 bits per heavy atom. The van der Waals surface area contributed by atoms with E-state index in [1.54, 1.807) is 10.8 Å². The van der Waals surface area contributed by atoms with Crippen molar-refractivity contribution in [2.45, 2.75) is 43.9 Å². The largest absolute Gasteiger partial charge is 0.387 e. The molecule has 5 N–H and O–H groups in total. The van der Waals surface area contributed by atoms with Crippen molar-refractivity contribution in [3.63, 3.8) is 0 Å². The summed E-state index contributed by atoms with van der Waals surface area (Å²) in [6, 6.07) is 10.3. The van der Waals surface area contributed by atoms with Gasteiger partial charge >= 0.3 is 0 Å². The molecule has 2 aromatic heterocycles. The van der Waals surface area contributed by atoms with E-state index in [0.717, 1.165) is 25.9 Å². The van der Waals surface area contributed by atoms with Crippen LogP contribution in [-0.2, 0) is 11.3 Å². The number of ether oxygens (including phenoxy) is 1. The molecule has 1 saturated heterocycles. The molecule has 0 aliphatic carbocycles. The number of nitrogens with zero attached hydrogens (tertiary/aromatic N) is 3. The number of hydrogen-bond donors (Lipinski definition) is 4. The average molecular weight is 488 g/mol. The van der Waals surface area contributed by atoms with E-state index in [2.05, 4.69) is 43.3 Å². The molecule has 0 radical (unpaired) electrons. The Morgan fingerprint density at radius 3 is 2.81 bits per heavy atom. The van der Waals surface area contributed by atoms with E-state index in [1.807, 2.05) is 30.4 Å². The number of aliphatic hydroxyl groups excluding tert-OH is 2. The van der Waals surface area contributed by atoms with E-state index in [4.69, 9.17) is 10.5 Å². The van der Waals surface area contributed by atoms with Crippen LogP contribution in [0.1, 0.15) is 24.6 Å². The standard InChI is InChI=1S/C22H26BrN5O3/c23-15-12-28(21-17(15)20(24)26-13-27-21)22-19(30)18(29)16(31-22)9-5-2-6-10-25-11-14-7-3-1-4-8-14/h1,3-5,7-9,12-13,16,18-19,22,25,29-30H,2,6,10-11H2,(H2,24,26,27)/b9-5+/t16-,18-,19-,22-/m1/s1. The summed E-state index contributed by atoms with van der Waals surface area (Å²) >= 11 is 3.45. The van der Waals surface area contributed by atoms with Gasteiger partial charge in [0.15, 0.2) is 6.23 Å². The highest BCUT2D eigenvalue weighted by molar-refractivity contribution is 9.10. The van der Waals surface area contributed by atoms with Crippen LogP contribution < -0.4 is 11.1 Å². The van der Waals surface area contributed by atoms with Gasteiger partial charge in [-0.05, 0) is 40.9 Å². The molecular weight excluding hydrogens is 462 g/mol. The maximum absolute atomic E-state index is 10.6. The van der Waals surface area contributed by atoms with E-state index in [-0.39, 0.29) is 0 Å². The summed E-state index contributed by atoms with van der Waals surface area (Å²) in [5.74, 6) is 0.334. The van der Waals surface area contributed by atoms with Crippen molar-refractivity contribution in [3.05, 3.63) is 65.0 Å². The number of aliphatic hydroxyl groups is 2. The van der Waals surface area contributed by atoms with Gasteiger partial charge in [-0.3, -0.25) is 0 Å². The van der Waals surface area contributed by atoms with Gasteiger partial charge in [-0.25, -0.2) is 9.97 Å². The summed E-state index contributed by atoms with van der Waals surface area (Å²) in [6.45, 7) is 1.74. The fourth-order valence-electron chi connectivity index (χ4n) is 3.73. The predicted molar refractivity (Wildman–Crippen MR) is 122 cm³/mol. The number of unbranched alkanes of at least 4 members (excludes halogenated alkanes) is 1. The van der Waals surface area contributed by atoms with Gasteiger partial charge in [-0.2, -0.15) is 0 Å². The molecule has 0 spiro atoms. The minimum atomic E-state index is -1.10. The maximum Gasteiger partial charge on any atom is 0.164 e. The van der Waals surface area contributed by atoms with Gasteiger partial charge in [0, 0.05) is 17.2 Å². The normalized spacial score (nSPS) is 23.8. The lowest BCUT2D eigenvalue weighted by Gasteiger charge is -2.17. The van der Waals surface area contributed by atoms with Gasteiger partial charge in [-0.1, -0.05) is 42.5 Å². The number of anilines is 1. The van der Waals surface area contributed by atoms with Gasteiger partial charge in [0.05, 0.1) is 5.39 Å². The Hall–Kier alpha value is -2.30. The van der Waals surface area contributed by atoms with Gasteiger partial charge < -0.3 is 30.6 Å². The Labute approximate surface area is 188 Å². The second-order valence-corrected chi connectivity index (χ2v) is 8.40. The van der Waals surface area contributed by atoms with Crippen molar-refractivity contribution in [3.8, 4) is 0 Å². The van der Waals surface area contributed by atoms with Gasteiger partial charge in [0.1, 0.15) is 36.1 Å². The molecule has 1 fully saturated rings. The summed E-state index contributed by atoms with van der Waals surface area (Å²) in [6.07, 6.45) is 5.19. The quantitative estimate of drug-likeness (QED) is 0.284. The van der Waals surface area contributed by atoms with Crippen LogP contribution in [0, 0.1) is 0 Å². The Bertz CT molecular complexity index is 1040. The van der Waals surface area contributed by atoms with E-state index >= 15 is 0 Å². The predicted octanol–water partition coefficient (Wildman–Crippen LogP) is 2.52. The van der Waals surface area contributed by atoms with E-state index in [9.17, 15) is 10.2 Å². The SMILES string of the molecule is Nc1ncnc2c1c(Br)cn2[C@@H]1O[C@H](/C=C/CCCNCc2ccccc2)[C@@H](O)[C@H]1O. The maximum atomic E-state index is 10.6. The Balaban J connectivity index is 1.31. The van der Waals surface area contributed by atoms with E-state index in [0.29, 0.717) is 21.3 Å². The first kappa shape index (κ1) is 21.9. The molecule has 0 saturated carbocycles. The highest BCUT2D eigenvalue weighted by Crippen LogP contribution is 2.36. The molecule has 3 heterocycles. The smallest absolute Gasteiger partial charge is 0.164 e. The fraction of sp³-hybridized carbons (Fsp3) is 0.364. The zero-order chi connectivity index (χ0) is 21.8. The molecule has 8 nitrogen and oxygen atoms in total. The van der Waals surface area contributed by atoms with Crippen molar-refractivity contribution >= 4 is 32.8 Å². The third-order valence-corrected chi connectivity index (χ3v) is 5.97. The van der Waals surface area contributed by atoms with Crippen LogP contribution in [0.5, 0.6) is 0 Å². The molecule has 31 heavy (non-hydrogen) atoms. The third kappa shape index (κ3) is 4.81. The molecule has 1 aliphatic rings. The van der Waals surface area contributed by atoms with Crippen LogP contribution >= 0.6 is 15.9 Å². The highest BCUT2D eigenvalue weighted by atomic mass is 79.9. The lowest BCUT2D eigenvalue weighted by Crippen LogP contribution is -2.30.